The van der Waals surface area contributed by atoms with Crippen molar-refractivity contribution in [3.05, 3.63) is 45.6 Å². The Hall–Kier alpha value is -2.51. The number of halogens is 3. The highest BCUT2D eigenvalue weighted by Crippen LogP contribution is 2.67. The predicted octanol–water partition coefficient (Wildman–Crippen LogP) is 9.92. The molecule has 12 aliphatic rings. The van der Waals surface area contributed by atoms with Crippen molar-refractivity contribution < 1.29 is 42.4 Å². The first-order valence-electron chi connectivity index (χ1n) is 28.0. The molecule has 8 aliphatic carbocycles. The predicted molar refractivity (Wildman–Crippen MR) is 263 cm³/mol. The number of aliphatic hydroxyl groups excluding tert-OH is 2. The van der Waals surface area contributed by atoms with Crippen LogP contribution in [0.3, 0.4) is 0 Å². The molecule has 388 valence electrons. The number of ether oxygens (including phenoxy) is 2. The molecule has 2 amide bonds. The van der Waals surface area contributed by atoms with E-state index in [9.17, 15) is 33.0 Å². The van der Waals surface area contributed by atoms with Crippen molar-refractivity contribution >= 4 is 11.8 Å². The summed E-state index contributed by atoms with van der Waals surface area (Å²) in [4.78, 5) is 26.3. The topological polar surface area (TPSA) is 120 Å². The van der Waals surface area contributed by atoms with Gasteiger partial charge in [0.15, 0.2) is 0 Å². The van der Waals surface area contributed by atoms with Gasteiger partial charge < -0.3 is 35.2 Å². The summed E-state index contributed by atoms with van der Waals surface area (Å²) in [6.07, 6.45) is 16.7. The van der Waals surface area contributed by atoms with E-state index in [-0.39, 0.29) is 47.2 Å². The van der Waals surface area contributed by atoms with Crippen molar-refractivity contribution in [2.45, 2.75) is 212 Å². The van der Waals surface area contributed by atoms with Crippen molar-refractivity contribution in [3.63, 3.8) is 0 Å². The smallest absolute Gasteiger partial charge is 0.393 e. The summed E-state index contributed by atoms with van der Waals surface area (Å²) in [5.74, 6) is 2.93. The molecule has 4 aliphatic heterocycles. The van der Waals surface area contributed by atoms with Gasteiger partial charge in [0.25, 0.3) is 0 Å². The first kappa shape index (κ1) is 49.7. The number of nitrogens with one attached hydrogen (secondary N) is 2. The molecule has 2 unspecified atom stereocenters. The van der Waals surface area contributed by atoms with Crippen molar-refractivity contribution in [2.75, 3.05) is 19.6 Å². The van der Waals surface area contributed by atoms with Gasteiger partial charge in [0, 0.05) is 24.4 Å². The molecule has 0 radical (unpaired) electrons. The molecule has 0 aromatic rings. The lowest BCUT2D eigenvalue weighted by molar-refractivity contribution is -0.174. The number of amides is 2. The zero-order valence-corrected chi connectivity index (χ0v) is 43.4. The molecule has 20 atom stereocenters. The number of hydrogen-bond donors (Lipinski definition) is 4. The summed E-state index contributed by atoms with van der Waals surface area (Å²) in [6.45, 7) is 19.5. The maximum Gasteiger partial charge on any atom is 0.471 e. The van der Waals surface area contributed by atoms with Crippen LogP contribution in [0.4, 0.5) is 13.2 Å². The van der Waals surface area contributed by atoms with E-state index in [1.807, 2.05) is 6.92 Å². The number of likely N-dealkylation sites (tertiary alicyclic amines) is 1. The second-order valence-corrected chi connectivity index (χ2v) is 26.1. The number of carbonyl (C=O) groups excluding carboxylic acids is 2. The van der Waals surface area contributed by atoms with Crippen LogP contribution in [0.2, 0.25) is 0 Å². The van der Waals surface area contributed by atoms with Crippen LogP contribution in [0, 0.1) is 70.0 Å². The number of aliphatic hydroxyl groups is 2. The molecule has 4 heterocycles. The van der Waals surface area contributed by atoms with E-state index in [0.29, 0.717) is 47.8 Å². The van der Waals surface area contributed by atoms with E-state index in [1.165, 1.54) is 55.2 Å². The number of alkyl halides is 3. The number of piperidine rings is 2. The molecule has 0 aromatic heterocycles. The van der Waals surface area contributed by atoms with E-state index >= 15 is 0 Å². The number of rotatable bonds is 2. The Bertz CT molecular complexity index is 2260. The van der Waals surface area contributed by atoms with Gasteiger partial charge in [-0.15, -0.1) is 0 Å². The van der Waals surface area contributed by atoms with Gasteiger partial charge in [0.1, 0.15) is 0 Å². The standard InChI is InChI=1S/C31H43F3N2O4.C27H41NO2/c1-16-11-25-27(36(15-16)26(38)14-35-28(39)31(32,33)34)18(3)30(40-25)10-8-21-22-6-5-19-12-20(37)7-9-29(19,4)24(22)13-23(21)17(30)2;1-15-11-24-25(28-14-15)17(3)27(30-24)10-8-20-21-6-5-18-12-19(29)7-9-26(18,4)23(21)13-22(20)16(27)2/h5,16,18,20-22,24-25,27,37H,6-15H2,1-4H3,(H,35,39);5,15,17,19-21,23-25,28-29H,6-14H2,1-4H3/t16-,18+,20-,21-,22-,24-,25+,27-,29-,30?;15-,17+,19-,20-,21-,23-,24+,25-,26-,27?/m00/s1. The van der Waals surface area contributed by atoms with Crippen LogP contribution < -0.4 is 10.6 Å². The number of allylic oxidation sites excluding steroid dienone is 4. The van der Waals surface area contributed by atoms with E-state index in [1.54, 1.807) is 26.9 Å². The minimum atomic E-state index is -5.02. The van der Waals surface area contributed by atoms with Gasteiger partial charge >= 0.3 is 12.1 Å². The van der Waals surface area contributed by atoms with E-state index in [2.05, 4.69) is 65.9 Å². The van der Waals surface area contributed by atoms with Crippen LogP contribution >= 0.6 is 0 Å². The quantitative estimate of drug-likeness (QED) is 0.204. The highest BCUT2D eigenvalue weighted by molar-refractivity contribution is 5.87. The molecular weight excluding hydrogens is 892 g/mol. The molecule has 4 saturated carbocycles. The number of carbonyl (C=O) groups is 2. The van der Waals surface area contributed by atoms with Gasteiger partial charge in [0.2, 0.25) is 5.91 Å². The molecule has 2 spiro atoms. The Morgan fingerprint density at radius 2 is 1.26 bits per heavy atom. The van der Waals surface area contributed by atoms with Crippen LogP contribution in [-0.2, 0) is 19.1 Å². The van der Waals surface area contributed by atoms with Crippen molar-refractivity contribution in [3.8, 4) is 0 Å². The fourth-order valence-corrected chi connectivity index (χ4v) is 19.0. The Morgan fingerprint density at radius 3 is 1.80 bits per heavy atom. The molecule has 12 heteroatoms. The lowest BCUT2D eigenvalue weighted by Gasteiger charge is -2.49. The van der Waals surface area contributed by atoms with Crippen LogP contribution in [0.5, 0.6) is 0 Å². The third-order valence-electron chi connectivity index (χ3n) is 22.9. The summed E-state index contributed by atoms with van der Waals surface area (Å²) in [5.41, 5.74) is 9.19. The second-order valence-electron chi connectivity index (χ2n) is 26.1. The van der Waals surface area contributed by atoms with Gasteiger partial charge in [-0.2, -0.15) is 13.2 Å². The maximum atomic E-state index is 13.2. The molecular formula is C58H84F3N3O6. The summed E-state index contributed by atoms with van der Waals surface area (Å²) >= 11 is 0. The summed E-state index contributed by atoms with van der Waals surface area (Å²) in [5, 5.41) is 26.2. The zero-order valence-electron chi connectivity index (χ0n) is 43.4. The van der Waals surface area contributed by atoms with E-state index in [0.717, 1.165) is 94.4 Å². The average Bonchev–Trinajstić information content (AvgIpc) is 4.05. The molecule has 70 heavy (non-hydrogen) atoms. The van der Waals surface area contributed by atoms with Crippen LogP contribution in [-0.4, -0.2) is 100 Å². The van der Waals surface area contributed by atoms with E-state index < -0.39 is 30.1 Å². The third kappa shape index (κ3) is 7.59. The highest BCUT2D eigenvalue weighted by atomic mass is 19.4. The maximum absolute atomic E-state index is 13.2. The fraction of sp³-hybridized carbons (Fsp3) is 0.828. The van der Waals surface area contributed by atoms with Gasteiger partial charge in [-0.1, -0.05) is 76.0 Å². The molecule has 8 fully saturated rings. The van der Waals surface area contributed by atoms with Crippen molar-refractivity contribution in [1.29, 1.82) is 0 Å². The lowest BCUT2D eigenvalue weighted by atomic mass is 9.56. The van der Waals surface area contributed by atoms with Gasteiger partial charge in [-0.05, 0) is 192 Å². The number of hydrogen-bond acceptors (Lipinski definition) is 7. The van der Waals surface area contributed by atoms with Crippen molar-refractivity contribution in [2.24, 2.45) is 70.0 Å². The highest BCUT2D eigenvalue weighted by Gasteiger charge is 2.64. The Balaban J connectivity index is 0.000000158. The van der Waals surface area contributed by atoms with Gasteiger partial charge in [-0.25, -0.2) is 0 Å². The Labute approximate surface area is 415 Å². The molecule has 4 saturated heterocycles. The average molecular weight is 976 g/mol. The minimum absolute atomic E-state index is 0.00236. The van der Waals surface area contributed by atoms with Crippen molar-refractivity contribution in [1.82, 2.24) is 15.5 Å². The normalized spacial score (nSPS) is 49.0. The molecule has 0 bridgehead atoms. The van der Waals surface area contributed by atoms with E-state index in [4.69, 9.17) is 9.47 Å². The molecule has 12 rings (SSSR count). The second kappa shape index (κ2) is 17.5. The number of fused-ring (bicyclic) bond motifs is 12. The van der Waals surface area contributed by atoms with Crippen LogP contribution in [0.1, 0.15) is 158 Å². The first-order valence-corrected chi connectivity index (χ1v) is 28.0. The third-order valence-corrected chi connectivity index (χ3v) is 22.9. The number of nitrogens with zero attached hydrogens (tertiary/aromatic N) is 1. The van der Waals surface area contributed by atoms with Gasteiger partial charge in [0.05, 0.1) is 48.2 Å². The zero-order chi connectivity index (χ0) is 49.6. The Kier molecular flexibility index (Phi) is 12.5. The largest absolute Gasteiger partial charge is 0.471 e. The lowest BCUT2D eigenvalue weighted by Crippen LogP contribution is -2.57. The minimum Gasteiger partial charge on any atom is -0.393 e. The first-order chi connectivity index (χ1) is 33.1. The van der Waals surface area contributed by atoms with Crippen LogP contribution in [0.15, 0.2) is 45.6 Å². The summed E-state index contributed by atoms with van der Waals surface area (Å²) < 4.78 is 52.2. The van der Waals surface area contributed by atoms with Gasteiger partial charge in [-0.3, -0.25) is 9.59 Å². The molecule has 9 nitrogen and oxygen atoms in total. The Morgan fingerprint density at radius 1 is 0.743 bits per heavy atom. The SMILES string of the molecule is CC1=C2C[C@H]3[C@@H](CC=C4C[C@@H](O)CC[C@@]43C)[C@@H]2CCC12O[C@@H]1C[C@H](C)CN(C(=O)CNC(=O)C(F)(F)F)[C@H]1[C@H]2C.CC1=C2C[C@H]3[C@@H](CC=C4C[C@@H](O)CC[C@@]43C)[C@@H]2CCC12O[C@@H]1C[C@H](C)CN[C@H]1[C@H]2C. The fourth-order valence-electron chi connectivity index (χ4n) is 19.0. The van der Waals surface area contributed by atoms with Crippen LogP contribution in [0.25, 0.3) is 0 Å². The molecule has 4 N–H and O–H groups in total. The summed E-state index contributed by atoms with van der Waals surface area (Å²) in [7, 11) is 0. The monoisotopic (exact) mass is 976 g/mol. The summed E-state index contributed by atoms with van der Waals surface area (Å²) in [6, 6.07) is 0.301. The molecule has 0 aromatic carbocycles.